The van der Waals surface area contributed by atoms with Gasteiger partial charge in [-0.05, 0) is 62.2 Å². The Bertz CT molecular complexity index is 879. The van der Waals surface area contributed by atoms with E-state index in [0.29, 0.717) is 36.5 Å². The number of hydrogen-bond acceptors (Lipinski definition) is 4. The lowest BCUT2D eigenvalue weighted by Crippen LogP contribution is -2.37. The highest BCUT2D eigenvalue weighted by Gasteiger charge is 2.26. The van der Waals surface area contributed by atoms with Gasteiger partial charge in [-0.15, -0.1) is 0 Å². The van der Waals surface area contributed by atoms with Crippen molar-refractivity contribution >= 4 is 27.3 Å². The summed E-state index contributed by atoms with van der Waals surface area (Å²) in [5.74, 6) is 0.600. The lowest BCUT2D eigenvalue weighted by Gasteiger charge is -2.28. The number of nitrogens with zero attached hydrogens (tertiary/aromatic N) is 1. The van der Waals surface area contributed by atoms with Crippen molar-refractivity contribution in [2.45, 2.75) is 19.8 Å². The molecule has 0 unspecified atom stereocenters. The van der Waals surface area contributed by atoms with E-state index >= 15 is 0 Å². The third-order valence-corrected chi connectivity index (χ3v) is 6.04. The highest BCUT2D eigenvalue weighted by molar-refractivity contribution is 7.92. The van der Waals surface area contributed by atoms with E-state index in [4.69, 9.17) is 4.74 Å². The van der Waals surface area contributed by atoms with Gasteiger partial charge in [0.05, 0.1) is 18.0 Å². The Balaban J connectivity index is 1.76. The Hall–Kier alpha value is -2.54. The summed E-state index contributed by atoms with van der Waals surface area (Å²) >= 11 is 0. The summed E-state index contributed by atoms with van der Waals surface area (Å²) in [5.41, 5.74) is 1.59. The van der Waals surface area contributed by atoms with Crippen LogP contribution in [0.4, 0.5) is 11.4 Å². The first-order valence-corrected chi connectivity index (χ1v) is 10.3. The highest BCUT2D eigenvalue weighted by atomic mass is 32.2. The molecule has 3 rings (SSSR count). The quantitative estimate of drug-likeness (QED) is 0.871. The lowest BCUT2D eigenvalue weighted by atomic mass is 10.1. The molecule has 1 N–H and O–H groups in total. The molecular weight excluding hydrogens is 352 g/mol. The van der Waals surface area contributed by atoms with E-state index < -0.39 is 10.0 Å². The SMILES string of the molecule is CCOc1ccc(NC(=O)c2cccc(N3CCCCS3(=O)=O)c2)cc1. The Morgan fingerprint density at radius 3 is 2.62 bits per heavy atom. The van der Waals surface area contributed by atoms with Gasteiger partial charge >= 0.3 is 0 Å². The predicted molar refractivity (Wildman–Crippen MR) is 102 cm³/mol. The van der Waals surface area contributed by atoms with Crippen LogP contribution in [-0.4, -0.2) is 33.2 Å². The molecule has 1 amide bonds. The molecule has 26 heavy (non-hydrogen) atoms. The van der Waals surface area contributed by atoms with E-state index in [2.05, 4.69) is 5.32 Å². The van der Waals surface area contributed by atoms with Gasteiger partial charge in [-0.3, -0.25) is 9.10 Å². The zero-order valence-corrected chi connectivity index (χ0v) is 15.5. The standard InChI is InChI=1S/C19H22N2O4S/c1-2-25-18-10-8-16(9-11-18)20-19(22)15-6-5-7-17(14-15)21-12-3-4-13-26(21,23)24/h5-11,14H,2-4,12-13H2,1H3,(H,20,22). The molecule has 6 nitrogen and oxygen atoms in total. The molecule has 0 aromatic heterocycles. The Morgan fingerprint density at radius 1 is 1.15 bits per heavy atom. The smallest absolute Gasteiger partial charge is 0.255 e. The molecule has 0 saturated carbocycles. The summed E-state index contributed by atoms with van der Waals surface area (Å²) in [6, 6.07) is 13.8. The number of amides is 1. The minimum Gasteiger partial charge on any atom is -0.494 e. The Morgan fingerprint density at radius 2 is 1.92 bits per heavy atom. The average molecular weight is 374 g/mol. The van der Waals surface area contributed by atoms with Crippen LogP contribution in [0, 0.1) is 0 Å². The minimum absolute atomic E-state index is 0.148. The third-order valence-electron chi connectivity index (χ3n) is 4.17. The van der Waals surface area contributed by atoms with Gasteiger partial charge in [0.1, 0.15) is 5.75 Å². The number of benzene rings is 2. The molecule has 1 aliphatic rings. The second-order valence-corrected chi connectivity index (χ2v) is 8.07. The molecule has 1 aliphatic heterocycles. The maximum atomic E-state index is 12.5. The minimum atomic E-state index is -3.30. The number of sulfonamides is 1. The van der Waals surface area contributed by atoms with Crippen LogP contribution in [-0.2, 0) is 10.0 Å². The van der Waals surface area contributed by atoms with Crippen LogP contribution in [0.2, 0.25) is 0 Å². The van der Waals surface area contributed by atoms with Crippen LogP contribution in [0.5, 0.6) is 5.75 Å². The second kappa shape index (κ2) is 7.78. The van der Waals surface area contributed by atoms with Crippen molar-refractivity contribution in [3.63, 3.8) is 0 Å². The molecule has 0 bridgehead atoms. The lowest BCUT2D eigenvalue weighted by molar-refractivity contribution is 0.102. The topological polar surface area (TPSA) is 75.7 Å². The van der Waals surface area contributed by atoms with Gasteiger partial charge in [-0.25, -0.2) is 8.42 Å². The fraction of sp³-hybridized carbons (Fsp3) is 0.316. The van der Waals surface area contributed by atoms with Gasteiger partial charge < -0.3 is 10.1 Å². The van der Waals surface area contributed by atoms with Crippen LogP contribution in [0.15, 0.2) is 48.5 Å². The molecular formula is C19H22N2O4S. The Kier molecular flexibility index (Phi) is 5.46. The molecule has 1 fully saturated rings. The fourth-order valence-electron chi connectivity index (χ4n) is 2.89. The van der Waals surface area contributed by atoms with Gasteiger partial charge in [0, 0.05) is 17.8 Å². The van der Waals surface area contributed by atoms with Crippen molar-refractivity contribution in [1.29, 1.82) is 0 Å². The summed E-state index contributed by atoms with van der Waals surface area (Å²) < 4.78 is 31.3. The molecule has 0 aliphatic carbocycles. The van der Waals surface area contributed by atoms with Crippen molar-refractivity contribution in [2.75, 3.05) is 28.5 Å². The third kappa shape index (κ3) is 4.16. The number of carbonyl (C=O) groups is 1. The molecule has 2 aromatic carbocycles. The summed E-state index contributed by atoms with van der Waals surface area (Å²) in [4.78, 5) is 12.5. The number of nitrogens with one attached hydrogen (secondary N) is 1. The van der Waals surface area contributed by atoms with Gasteiger partial charge in [0.25, 0.3) is 5.91 Å². The molecule has 2 aromatic rings. The molecule has 0 radical (unpaired) electrons. The van der Waals surface area contributed by atoms with Crippen molar-refractivity contribution in [3.8, 4) is 5.75 Å². The van der Waals surface area contributed by atoms with Crippen LogP contribution >= 0.6 is 0 Å². The fourth-order valence-corrected chi connectivity index (χ4v) is 4.52. The zero-order chi connectivity index (χ0) is 18.6. The molecule has 0 spiro atoms. The molecule has 7 heteroatoms. The van der Waals surface area contributed by atoms with Crippen LogP contribution < -0.4 is 14.4 Å². The summed E-state index contributed by atoms with van der Waals surface area (Å²) in [6.45, 7) is 2.94. The first kappa shape index (κ1) is 18.3. The monoisotopic (exact) mass is 374 g/mol. The maximum absolute atomic E-state index is 12.5. The molecule has 1 heterocycles. The zero-order valence-electron chi connectivity index (χ0n) is 14.6. The van der Waals surface area contributed by atoms with Gasteiger partial charge in [0.2, 0.25) is 10.0 Å². The average Bonchev–Trinajstić information content (AvgIpc) is 2.63. The molecule has 138 valence electrons. The van der Waals surface area contributed by atoms with Gasteiger partial charge in [-0.1, -0.05) is 6.07 Å². The van der Waals surface area contributed by atoms with Gasteiger partial charge in [-0.2, -0.15) is 0 Å². The summed E-state index contributed by atoms with van der Waals surface area (Å²) in [7, 11) is -3.30. The van der Waals surface area contributed by atoms with Gasteiger partial charge in [0.15, 0.2) is 0 Å². The summed E-state index contributed by atoms with van der Waals surface area (Å²) in [5, 5.41) is 2.82. The van der Waals surface area contributed by atoms with Crippen molar-refractivity contribution < 1.29 is 17.9 Å². The van der Waals surface area contributed by atoms with E-state index in [0.717, 1.165) is 12.2 Å². The Labute approximate surface area is 153 Å². The molecule has 0 atom stereocenters. The number of ether oxygens (including phenoxy) is 1. The van der Waals surface area contributed by atoms with E-state index in [1.807, 2.05) is 6.92 Å². The predicted octanol–water partition coefficient (Wildman–Crippen LogP) is 3.27. The van der Waals surface area contributed by atoms with Crippen molar-refractivity contribution in [1.82, 2.24) is 0 Å². The second-order valence-electron chi connectivity index (χ2n) is 6.06. The van der Waals surface area contributed by atoms with E-state index in [-0.39, 0.29) is 11.7 Å². The van der Waals surface area contributed by atoms with E-state index in [9.17, 15) is 13.2 Å². The maximum Gasteiger partial charge on any atom is 0.255 e. The van der Waals surface area contributed by atoms with Crippen LogP contribution in [0.3, 0.4) is 0 Å². The molecule has 1 saturated heterocycles. The number of rotatable bonds is 5. The first-order valence-electron chi connectivity index (χ1n) is 8.64. The number of anilines is 2. The number of hydrogen-bond donors (Lipinski definition) is 1. The van der Waals surface area contributed by atoms with Crippen molar-refractivity contribution in [2.24, 2.45) is 0 Å². The highest BCUT2D eigenvalue weighted by Crippen LogP contribution is 2.25. The van der Waals surface area contributed by atoms with Crippen molar-refractivity contribution in [3.05, 3.63) is 54.1 Å². The normalized spacial score (nSPS) is 16.1. The first-order chi connectivity index (χ1) is 12.5. The van der Waals surface area contributed by atoms with E-state index in [1.165, 1.54) is 4.31 Å². The number of carbonyl (C=O) groups excluding carboxylic acids is 1. The van der Waals surface area contributed by atoms with E-state index in [1.54, 1.807) is 48.5 Å². The largest absolute Gasteiger partial charge is 0.494 e. The van der Waals surface area contributed by atoms with Crippen LogP contribution in [0.1, 0.15) is 30.1 Å². The summed E-state index contributed by atoms with van der Waals surface area (Å²) in [6.07, 6.45) is 1.50. The van der Waals surface area contributed by atoms with Crippen LogP contribution in [0.25, 0.3) is 0 Å².